The molecule has 0 aromatic carbocycles. The third-order valence-corrected chi connectivity index (χ3v) is 2.85. The van der Waals surface area contributed by atoms with Crippen LogP contribution < -0.4 is 16.6 Å². The number of hydrogen-bond acceptors (Lipinski definition) is 5. The number of nitrogens with zero attached hydrogens (tertiary/aromatic N) is 2. The van der Waals surface area contributed by atoms with Gasteiger partial charge in [0.2, 0.25) is 0 Å². The summed E-state index contributed by atoms with van der Waals surface area (Å²) in [5, 5.41) is 2.84. The molecular weight excluding hydrogens is 256 g/mol. The SMILES string of the molecule is CCc1cc(C(=O)NCCc2ncc[nH]2)cc(NN)n1. The summed E-state index contributed by atoms with van der Waals surface area (Å²) in [4.78, 5) is 23.4. The Labute approximate surface area is 117 Å². The number of nitrogen functional groups attached to an aromatic ring is 1. The van der Waals surface area contributed by atoms with E-state index in [-0.39, 0.29) is 5.91 Å². The molecule has 0 radical (unpaired) electrons. The molecule has 2 rings (SSSR count). The first-order chi connectivity index (χ1) is 9.72. The van der Waals surface area contributed by atoms with Gasteiger partial charge in [-0.25, -0.2) is 15.8 Å². The van der Waals surface area contributed by atoms with Gasteiger partial charge in [-0.15, -0.1) is 0 Å². The summed E-state index contributed by atoms with van der Waals surface area (Å²) < 4.78 is 0. The van der Waals surface area contributed by atoms with E-state index in [4.69, 9.17) is 5.84 Å². The van der Waals surface area contributed by atoms with Crippen molar-refractivity contribution in [1.82, 2.24) is 20.3 Å². The van der Waals surface area contributed by atoms with Gasteiger partial charge in [0.15, 0.2) is 0 Å². The van der Waals surface area contributed by atoms with Crippen LogP contribution >= 0.6 is 0 Å². The van der Waals surface area contributed by atoms with Gasteiger partial charge >= 0.3 is 0 Å². The smallest absolute Gasteiger partial charge is 0.251 e. The van der Waals surface area contributed by atoms with E-state index >= 15 is 0 Å². The van der Waals surface area contributed by atoms with Gasteiger partial charge in [-0.2, -0.15) is 0 Å². The maximum atomic E-state index is 12.1. The van der Waals surface area contributed by atoms with Crippen molar-refractivity contribution in [3.05, 3.63) is 41.6 Å². The van der Waals surface area contributed by atoms with Gasteiger partial charge < -0.3 is 15.7 Å². The zero-order valence-corrected chi connectivity index (χ0v) is 11.3. The molecule has 106 valence electrons. The number of aromatic amines is 1. The number of nitrogens with two attached hydrogens (primary N) is 1. The van der Waals surface area contributed by atoms with Crippen LogP contribution in [0.3, 0.4) is 0 Å². The van der Waals surface area contributed by atoms with Crippen LogP contribution in [0, 0.1) is 0 Å². The number of hydrogen-bond donors (Lipinski definition) is 4. The molecule has 2 heterocycles. The molecule has 0 unspecified atom stereocenters. The molecule has 0 saturated heterocycles. The molecule has 0 aliphatic carbocycles. The number of rotatable bonds is 6. The fourth-order valence-electron chi connectivity index (χ4n) is 1.81. The Morgan fingerprint density at radius 2 is 2.30 bits per heavy atom. The molecule has 0 fully saturated rings. The number of pyridine rings is 1. The molecule has 2 aromatic rings. The van der Waals surface area contributed by atoms with E-state index < -0.39 is 0 Å². The average Bonchev–Trinajstić information content (AvgIpc) is 2.99. The molecule has 1 amide bonds. The van der Waals surface area contributed by atoms with Crippen LogP contribution in [0.25, 0.3) is 0 Å². The van der Waals surface area contributed by atoms with Gasteiger partial charge in [0, 0.05) is 36.6 Å². The lowest BCUT2D eigenvalue weighted by Crippen LogP contribution is -2.26. The molecule has 0 saturated carbocycles. The molecule has 0 bridgehead atoms. The van der Waals surface area contributed by atoms with Crippen molar-refractivity contribution in [2.24, 2.45) is 5.84 Å². The quantitative estimate of drug-likeness (QED) is 0.456. The van der Waals surface area contributed by atoms with E-state index in [2.05, 4.69) is 25.7 Å². The number of aromatic nitrogens is 3. The van der Waals surface area contributed by atoms with Crippen LogP contribution in [0.15, 0.2) is 24.5 Å². The number of imidazole rings is 1. The molecule has 0 spiro atoms. The first-order valence-electron chi connectivity index (χ1n) is 6.47. The topological polar surface area (TPSA) is 109 Å². The van der Waals surface area contributed by atoms with Crippen molar-refractivity contribution < 1.29 is 4.79 Å². The summed E-state index contributed by atoms with van der Waals surface area (Å²) in [6, 6.07) is 3.39. The van der Waals surface area contributed by atoms with Gasteiger partial charge in [-0.3, -0.25) is 4.79 Å². The Balaban J connectivity index is 1.97. The Kier molecular flexibility index (Phi) is 4.67. The molecule has 7 nitrogen and oxygen atoms in total. The molecule has 0 aliphatic rings. The minimum absolute atomic E-state index is 0.148. The molecule has 7 heteroatoms. The van der Waals surface area contributed by atoms with Crippen LogP contribution in [-0.4, -0.2) is 27.4 Å². The van der Waals surface area contributed by atoms with Crippen LogP contribution in [0.1, 0.15) is 28.8 Å². The van der Waals surface area contributed by atoms with Crippen molar-refractivity contribution in [1.29, 1.82) is 0 Å². The minimum atomic E-state index is -0.148. The second kappa shape index (κ2) is 6.67. The summed E-state index contributed by atoms with van der Waals surface area (Å²) in [5.74, 6) is 6.53. The number of carbonyl (C=O) groups excluding carboxylic acids is 1. The summed E-state index contributed by atoms with van der Waals surface area (Å²) in [6.45, 7) is 2.49. The monoisotopic (exact) mass is 274 g/mol. The standard InChI is InChI=1S/C13H18N6O/c1-2-10-7-9(8-12(18-10)19-14)13(20)17-4-3-11-15-5-6-16-11/h5-8H,2-4,14H2,1H3,(H,15,16)(H,17,20)(H,18,19). The van der Waals surface area contributed by atoms with Crippen molar-refractivity contribution in [2.75, 3.05) is 12.0 Å². The Morgan fingerprint density at radius 1 is 1.45 bits per heavy atom. The number of nitrogens with one attached hydrogen (secondary N) is 3. The second-order valence-corrected chi connectivity index (χ2v) is 4.27. The third kappa shape index (κ3) is 3.55. The fourth-order valence-corrected chi connectivity index (χ4v) is 1.81. The van der Waals surface area contributed by atoms with Crippen LogP contribution in [0.2, 0.25) is 0 Å². The fraction of sp³-hybridized carbons (Fsp3) is 0.308. The number of aryl methyl sites for hydroxylation is 1. The predicted octanol–water partition coefficient (Wildman–Crippen LogP) is 0.625. The highest BCUT2D eigenvalue weighted by Crippen LogP contribution is 2.10. The molecule has 5 N–H and O–H groups in total. The van der Waals surface area contributed by atoms with Crippen molar-refractivity contribution in [2.45, 2.75) is 19.8 Å². The third-order valence-electron chi connectivity index (χ3n) is 2.85. The van der Waals surface area contributed by atoms with Crippen molar-refractivity contribution in [3.8, 4) is 0 Å². The van der Waals surface area contributed by atoms with E-state index in [1.165, 1.54) is 0 Å². The number of anilines is 1. The lowest BCUT2D eigenvalue weighted by molar-refractivity contribution is 0.0954. The molecule has 0 aliphatic heterocycles. The van der Waals surface area contributed by atoms with Gasteiger partial charge in [-0.05, 0) is 18.6 Å². The van der Waals surface area contributed by atoms with Crippen molar-refractivity contribution >= 4 is 11.7 Å². The minimum Gasteiger partial charge on any atom is -0.352 e. The summed E-state index contributed by atoms with van der Waals surface area (Å²) >= 11 is 0. The van der Waals surface area contributed by atoms with Gasteiger partial charge in [0.05, 0.1) is 0 Å². The van der Waals surface area contributed by atoms with E-state index in [9.17, 15) is 4.79 Å². The zero-order chi connectivity index (χ0) is 14.4. The summed E-state index contributed by atoms with van der Waals surface area (Å²) in [7, 11) is 0. The molecule has 20 heavy (non-hydrogen) atoms. The highest BCUT2D eigenvalue weighted by atomic mass is 16.1. The largest absolute Gasteiger partial charge is 0.352 e. The number of carbonyl (C=O) groups is 1. The van der Waals surface area contributed by atoms with Gasteiger partial charge in [0.25, 0.3) is 5.91 Å². The van der Waals surface area contributed by atoms with E-state index in [1.54, 1.807) is 24.5 Å². The highest BCUT2D eigenvalue weighted by Gasteiger charge is 2.09. The molecule has 0 atom stereocenters. The second-order valence-electron chi connectivity index (χ2n) is 4.27. The number of hydrazine groups is 1. The van der Waals surface area contributed by atoms with E-state index in [0.29, 0.717) is 24.3 Å². The maximum Gasteiger partial charge on any atom is 0.251 e. The normalized spacial score (nSPS) is 10.3. The molecular formula is C13H18N6O. The summed E-state index contributed by atoms with van der Waals surface area (Å²) in [5.41, 5.74) is 3.83. The zero-order valence-electron chi connectivity index (χ0n) is 11.3. The number of H-pyrrole nitrogens is 1. The van der Waals surface area contributed by atoms with E-state index in [0.717, 1.165) is 17.9 Å². The van der Waals surface area contributed by atoms with Crippen LogP contribution in [-0.2, 0) is 12.8 Å². The first-order valence-corrected chi connectivity index (χ1v) is 6.47. The van der Waals surface area contributed by atoms with Crippen LogP contribution in [0.5, 0.6) is 0 Å². The van der Waals surface area contributed by atoms with E-state index in [1.807, 2.05) is 6.92 Å². The average molecular weight is 274 g/mol. The number of amides is 1. The van der Waals surface area contributed by atoms with Gasteiger partial charge in [0.1, 0.15) is 11.6 Å². The Bertz CT molecular complexity index is 544. The Morgan fingerprint density at radius 3 is 2.95 bits per heavy atom. The predicted molar refractivity (Wildman–Crippen MR) is 76.1 cm³/mol. The highest BCUT2D eigenvalue weighted by molar-refractivity contribution is 5.95. The van der Waals surface area contributed by atoms with Crippen molar-refractivity contribution in [3.63, 3.8) is 0 Å². The lowest BCUT2D eigenvalue weighted by Gasteiger charge is -2.08. The van der Waals surface area contributed by atoms with Gasteiger partial charge in [-0.1, -0.05) is 6.92 Å². The maximum absolute atomic E-state index is 12.1. The lowest BCUT2D eigenvalue weighted by atomic mass is 10.2. The molecule has 2 aromatic heterocycles. The summed E-state index contributed by atoms with van der Waals surface area (Å²) in [6.07, 6.45) is 4.84. The van der Waals surface area contributed by atoms with Crippen LogP contribution in [0.4, 0.5) is 5.82 Å². The Hall–Kier alpha value is -2.41. The first kappa shape index (κ1) is 14.0.